The van der Waals surface area contributed by atoms with Gasteiger partial charge in [0.25, 0.3) is 0 Å². The van der Waals surface area contributed by atoms with Gasteiger partial charge in [-0.3, -0.25) is 9.59 Å². The number of aromatic nitrogens is 4. The SMILES string of the molecule is COC(=O)NC(C(=O)NC1CCCC1(C)c1ncc(-c2ccc(-c3ccc4c(c3)CCCc3[nH]c(C5CCCN5C(=O)C(NC(=O)OC)C(C)C)nc3-4)cc2)[nH]1)C(C)C. The molecule has 14 heteroatoms. The van der Waals surface area contributed by atoms with Gasteiger partial charge >= 0.3 is 12.2 Å². The lowest BCUT2D eigenvalue weighted by molar-refractivity contribution is -0.135. The highest BCUT2D eigenvalue weighted by molar-refractivity contribution is 5.87. The molecule has 1 saturated heterocycles. The van der Waals surface area contributed by atoms with E-state index in [1.165, 1.54) is 19.8 Å². The average Bonchev–Trinajstić information content (AvgIpc) is 4.05. The van der Waals surface area contributed by atoms with Crippen LogP contribution in [0.3, 0.4) is 0 Å². The van der Waals surface area contributed by atoms with Crippen LogP contribution in [0.2, 0.25) is 0 Å². The molecular weight excluding hydrogens is 749 g/mol. The molecule has 2 fully saturated rings. The minimum Gasteiger partial charge on any atom is -0.453 e. The molecule has 0 spiro atoms. The van der Waals surface area contributed by atoms with Gasteiger partial charge in [0.1, 0.15) is 23.7 Å². The number of rotatable bonds is 11. The quantitative estimate of drug-likeness (QED) is 0.108. The van der Waals surface area contributed by atoms with E-state index >= 15 is 0 Å². The molecule has 1 aliphatic heterocycles. The summed E-state index contributed by atoms with van der Waals surface area (Å²) in [5.74, 6) is 1.07. The van der Waals surface area contributed by atoms with Crippen LogP contribution in [-0.4, -0.2) is 87.7 Å². The Morgan fingerprint density at radius 1 is 0.831 bits per heavy atom. The molecule has 3 aliphatic rings. The number of hydrogen-bond donors (Lipinski definition) is 5. The smallest absolute Gasteiger partial charge is 0.407 e. The van der Waals surface area contributed by atoms with E-state index in [0.717, 1.165) is 102 Å². The maximum Gasteiger partial charge on any atom is 0.407 e. The highest BCUT2D eigenvalue weighted by Gasteiger charge is 2.44. The number of nitrogens with one attached hydrogen (secondary N) is 5. The summed E-state index contributed by atoms with van der Waals surface area (Å²) in [6.07, 6.45) is 7.69. The summed E-state index contributed by atoms with van der Waals surface area (Å²) in [5, 5.41) is 8.62. The van der Waals surface area contributed by atoms with Crippen molar-refractivity contribution in [3.8, 4) is 33.6 Å². The molecule has 3 heterocycles. The van der Waals surface area contributed by atoms with Crippen molar-refractivity contribution < 1.29 is 28.7 Å². The summed E-state index contributed by atoms with van der Waals surface area (Å²) in [7, 11) is 2.59. The first-order valence-electron chi connectivity index (χ1n) is 21.0. The fraction of sp³-hybridized carbons (Fsp3) is 0.511. The summed E-state index contributed by atoms with van der Waals surface area (Å²) >= 11 is 0. The number of methoxy groups -OCH3 is 2. The van der Waals surface area contributed by atoms with E-state index in [-0.39, 0.29) is 35.7 Å². The van der Waals surface area contributed by atoms with Gasteiger partial charge in [-0.2, -0.15) is 0 Å². The van der Waals surface area contributed by atoms with E-state index in [1.54, 1.807) is 0 Å². The Labute approximate surface area is 346 Å². The van der Waals surface area contributed by atoms with Gasteiger partial charge in [-0.15, -0.1) is 0 Å². The Hall–Kier alpha value is -5.66. The predicted molar refractivity (Wildman–Crippen MR) is 224 cm³/mol. The molecule has 4 aromatic rings. The summed E-state index contributed by atoms with van der Waals surface area (Å²) in [6, 6.07) is 13.4. The van der Waals surface area contributed by atoms with Gasteiger partial charge in [-0.05, 0) is 79.0 Å². The molecule has 7 rings (SSSR count). The first-order chi connectivity index (χ1) is 28.3. The van der Waals surface area contributed by atoms with E-state index in [2.05, 4.69) is 75.3 Å². The van der Waals surface area contributed by atoms with Crippen LogP contribution < -0.4 is 16.0 Å². The number of aromatic amines is 2. The second-order valence-electron chi connectivity index (χ2n) is 17.2. The van der Waals surface area contributed by atoms with Gasteiger partial charge in [0.2, 0.25) is 11.8 Å². The largest absolute Gasteiger partial charge is 0.453 e. The van der Waals surface area contributed by atoms with Crippen molar-refractivity contribution >= 4 is 24.0 Å². The minimum atomic E-state index is -0.706. The number of hydrogen-bond acceptors (Lipinski definition) is 8. The molecule has 314 valence electrons. The summed E-state index contributed by atoms with van der Waals surface area (Å²) in [4.78, 5) is 70.1. The number of ether oxygens (including phenoxy) is 2. The summed E-state index contributed by atoms with van der Waals surface area (Å²) in [6.45, 7) is 10.4. The van der Waals surface area contributed by atoms with Crippen LogP contribution in [0.1, 0.15) is 102 Å². The zero-order valence-electron chi connectivity index (χ0n) is 35.2. The third kappa shape index (κ3) is 8.44. The standard InChI is InChI=1S/C45H58N8O6/c1-25(2)36(51-43(56)58-6)40(54)49-35-14-9-21-45(35,5)42-46-24-33(48-42)28-17-15-27(16-18-28)29-19-20-31-30(23-29)11-8-12-32-38(31)50-39(47-32)34-13-10-22-53(34)41(55)37(26(3)4)52-44(57)59-7/h15-20,23-26,34-37H,8-14,21-22H2,1-7H3,(H,46,48)(H,47,50)(H,49,54)(H,51,56)(H,52,57). The number of H-pyrrole nitrogens is 2. The Bertz CT molecular complexity index is 2180. The van der Waals surface area contributed by atoms with Crippen molar-refractivity contribution in [2.45, 2.75) is 116 Å². The number of imidazole rings is 2. The van der Waals surface area contributed by atoms with Crippen LogP contribution in [-0.2, 0) is 37.3 Å². The fourth-order valence-electron chi connectivity index (χ4n) is 9.11. The number of fused-ring (bicyclic) bond motifs is 3. The van der Waals surface area contributed by atoms with E-state index in [9.17, 15) is 19.2 Å². The van der Waals surface area contributed by atoms with Crippen molar-refractivity contribution in [3.63, 3.8) is 0 Å². The molecular formula is C45H58N8O6. The first kappa shape index (κ1) is 41.5. The second kappa shape index (κ2) is 17.3. The Balaban J connectivity index is 1.06. The molecule has 59 heavy (non-hydrogen) atoms. The fourth-order valence-corrected chi connectivity index (χ4v) is 9.11. The molecule has 5 N–H and O–H groups in total. The van der Waals surface area contributed by atoms with Crippen molar-refractivity contribution in [3.05, 3.63) is 71.6 Å². The van der Waals surface area contributed by atoms with Crippen LogP contribution in [0, 0.1) is 11.8 Å². The molecule has 2 aliphatic carbocycles. The maximum absolute atomic E-state index is 13.8. The van der Waals surface area contributed by atoms with Crippen molar-refractivity contribution in [2.75, 3.05) is 20.8 Å². The first-order valence-corrected chi connectivity index (χ1v) is 21.0. The lowest BCUT2D eigenvalue weighted by atomic mass is 9.83. The maximum atomic E-state index is 13.8. The summed E-state index contributed by atoms with van der Waals surface area (Å²) < 4.78 is 9.56. The van der Waals surface area contributed by atoms with Gasteiger partial charge in [0.05, 0.1) is 37.8 Å². The summed E-state index contributed by atoms with van der Waals surface area (Å²) in [5.41, 5.74) is 8.16. The van der Waals surface area contributed by atoms with Crippen LogP contribution in [0.15, 0.2) is 48.7 Å². The minimum absolute atomic E-state index is 0.101. The number of alkyl carbamates (subject to hydrolysis) is 2. The van der Waals surface area contributed by atoms with Gasteiger partial charge < -0.3 is 40.3 Å². The predicted octanol–water partition coefficient (Wildman–Crippen LogP) is 6.97. The zero-order chi connectivity index (χ0) is 42.0. The third-order valence-electron chi connectivity index (χ3n) is 12.6. The number of likely N-dealkylation sites (tertiary alicyclic amines) is 1. The van der Waals surface area contributed by atoms with Crippen LogP contribution in [0.25, 0.3) is 33.6 Å². The van der Waals surface area contributed by atoms with E-state index in [1.807, 2.05) is 38.8 Å². The number of amides is 4. The Morgan fingerprint density at radius 3 is 2.20 bits per heavy atom. The highest BCUT2D eigenvalue weighted by Crippen LogP contribution is 2.41. The molecule has 0 bridgehead atoms. The number of carbonyl (C=O) groups excluding carboxylic acids is 4. The molecule has 5 unspecified atom stereocenters. The molecule has 1 saturated carbocycles. The number of nitrogens with zero attached hydrogens (tertiary/aromatic N) is 3. The molecule has 5 atom stereocenters. The lowest BCUT2D eigenvalue weighted by Gasteiger charge is -2.32. The number of aryl methyl sites for hydroxylation is 2. The van der Waals surface area contributed by atoms with Crippen molar-refractivity contribution in [1.29, 1.82) is 0 Å². The van der Waals surface area contributed by atoms with Crippen LogP contribution in [0.4, 0.5) is 9.59 Å². The highest BCUT2D eigenvalue weighted by atomic mass is 16.5. The Kier molecular flexibility index (Phi) is 12.2. The molecule has 14 nitrogen and oxygen atoms in total. The molecule has 2 aromatic carbocycles. The van der Waals surface area contributed by atoms with Crippen molar-refractivity contribution in [1.82, 2.24) is 40.8 Å². The molecule has 2 aromatic heterocycles. The second-order valence-corrected chi connectivity index (χ2v) is 17.2. The van der Waals surface area contributed by atoms with E-state index in [0.29, 0.717) is 6.54 Å². The van der Waals surface area contributed by atoms with Gasteiger partial charge in [0.15, 0.2) is 0 Å². The van der Waals surface area contributed by atoms with E-state index in [4.69, 9.17) is 19.4 Å². The van der Waals surface area contributed by atoms with Crippen LogP contribution >= 0.6 is 0 Å². The lowest BCUT2D eigenvalue weighted by Crippen LogP contribution is -2.55. The average molecular weight is 807 g/mol. The van der Waals surface area contributed by atoms with Gasteiger partial charge in [-0.1, -0.05) is 83.5 Å². The number of benzene rings is 2. The van der Waals surface area contributed by atoms with Gasteiger partial charge in [-0.25, -0.2) is 19.6 Å². The van der Waals surface area contributed by atoms with Gasteiger partial charge in [0, 0.05) is 29.3 Å². The van der Waals surface area contributed by atoms with Crippen molar-refractivity contribution in [2.24, 2.45) is 11.8 Å². The topological polar surface area (TPSA) is 183 Å². The zero-order valence-corrected chi connectivity index (χ0v) is 35.2. The molecule has 4 amide bonds. The van der Waals surface area contributed by atoms with E-state index < -0.39 is 29.7 Å². The van der Waals surface area contributed by atoms with Crippen LogP contribution in [0.5, 0.6) is 0 Å². The monoisotopic (exact) mass is 806 g/mol. The Morgan fingerprint density at radius 2 is 1.51 bits per heavy atom. The number of carbonyl (C=O) groups is 4. The normalized spacial score (nSPS) is 21.0. The third-order valence-corrected chi connectivity index (χ3v) is 12.6. The molecule has 0 radical (unpaired) electrons.